The summed E-state index contributed by atoms with van der Waals surface area (Å²) in [6, 6.07) is 11.0. The number of benzene rings is 2. The van der Waals surface area contributed by atoms with Gasteiger partial charge in [0.1, 0.15) is 11.8 Å². The number of halogens is 3. The smallest absolute Gasteiger partial charge is 0.261 e. The highest BCUT2D eigenvalue weighted by molar-refractivity contribution is 6.35. The Kier molecular flexibility index (Phi) is 8.42. The van der Waals surface area contributed by atoms with Gasteiger partial charge in [-0.1, -0.05) is 46.9 Å². The first-order valence-corrected chi connectivity index (χ1v) is 10.5. The first kappa shape index (κ1) is 24.3. The first-order valence-electron chi connectivity index (χ1n) is 9.40. The van der Waals surface area contributed by atoms with E-state index in [9.17, 15) is 9.59 Å². The maximum absolute atomic E-state index is 13.0. The monoisotopic (exact) mass is 470 g/mol. The fourth-order valence-electron chi connectivity index (χ4n) is 2.67. The standard InChI is InChI=1S/C22H25Cl3N2O3/c1-14(21(29)26-22(2,3)4)27(12-15-8-9-17(24)11-19(15)25)20(28)13-30-18-7-5-6-16(23)10-18/h5-11,14H,12-13H2,1-4H3,(H,26,29). The summed E-state index contributed by atoms with van der Waals surface area (Å²) >= 11 is 18.2. The number of nitrogens with one attached hydrogen (secondary N) is 1. The molecule has 2 aromatic rings. The lowest BCUT2D eigenvalue weighted by molar-refractivity contribution is -0.142. The molecule has 8 heteroatoms. The number of hydrogen-bond donors (Lipinski definition) is 1. The van der Waals surface area contributed by atoms with Gasteiger partial charge in [0, 0.05) is 27.2 Å². The molecule has 0 aromatic heterocycles. The molecule has 0 aliphatic rings. The minimum Gasteiger partial charge on any atom is -0.484 e. The fraction of sp³-hybridized carbons (Fsp3) is 0.364. The summed E-state index contributed by atoms with van der Waals surface area (Å²) in [5, 5.41) is 4.31. The van der Waals surface area contributed by atoms with E-state index < -0.39 is 11.6 Å². The average molecular weight is 472 g/mol. The zero-order chi connectivity index (χ0) is 22.5. The maximum Gasteiger partial charge on any atom is 0.261 e. The number of carbonyl (C=O) groups is 2. The molecule has 0 heterocycles. The van der Waals surface area contributed by atoms with E-state index in [0.717, 1.165) is 0 Å². The molecule has 30 heavy (non-hydrogen) atoms. The number of nitrogens with zero attached hydrogens (tertiary/aromatic N) is 1. The van der Waals surface area contributed by atoms with Crippen LogP contribution in [0.15, 0.2) is 42.5 Å². The van der Waals surface area contributed by atoms with Gasteiger partial charge < -0.3 is 15.0 Å². The van der Waals surface area contributed by atoms with Gasteiger partial charge >= 0.3 is 0 Å². The normalized spacial score (nSPS) is 12.2. The van der Waals surface area contributed by atoms with Crippen molar-refractivity contribution in [3.05, 3.63) is 63.1 Å². The molecule has 1 unspecified atom stereocenters. The molecule has 5 nitrogen and oxygen atoms in total. The van der Waals surface area contributed by atoms with Crippen molar-refractivity contribution in [3.8, 4) is 5.75 Å². The highest BCUT2D eigenvalue weighted by Crippen LogP contribution is 2.24. The van der Waals surface area contributed by atoms with Crippen LogP contribution in [0.2, 0.25) is 15.1 Å². The molecule has 0 saturated carbocycles. The summed E-state index contributed by atoms with van der Waals surface area (Å²) in [6.07, 6.45) is 0. The molecule has 0 radical (unpaired) electrons. The van der Waals surface area contributed by atoms with Crippen LogP contribution in [0.1, 0.15) is 33.3 Å². The van der Waals surface area contributed by atoms with E-state index in [1.807, 2.05) is 20.8 Å². The van der Waals surface area contributed by atoms with E-state index in [0.29, 0.717) is 26.4 Å². The Hall–Kier alpha value is -1.95. The lowest BCUT2D eigenvalue weighted by Gasteiger charge is -2.31. The second-order valence-electron chi connectivity index (χ2n) is 7.92. The minimum atomic E-state index is -0.744. The van der Waals surface area contributed by atoms with Gasteiger partial charge in [-0.05, 0) is 63.6 Å². The Bertz CT molecular complexity index is 913. The van der Waals surface area contributed by atoms with Crippen LogP contribution in [-0.4, -0.2) is 34.9 Å². The third kappa shape index (κ3) is 7.38. The van der Waals surface area contributed by atoms with Gasteiger partial charge in [0.05, 0.1) is 0 Å². The van der Waals surface area contributed by atoms with Gasteiger partial charge in [0.25, 0.3) is 5.91 Å². The van der Waals surface area contributed by atoms with Crippen molar-refractivity contribution in [2.24, 2.45) is 0 Å². The molecule has 1 atom stereocenters. The van der Waals surface area contributed by atoms with Crippen LogP contribution >= 0.6 is 34.8 Å². The van der Waals surface area contributed by atoms with E-state index >= 15 is 0 Å². The molecule has 1 N–H and O–H groups in total. The van der Waals surface area contributed by atoms with Gasteiger partial charge in [0.15, 0.2) is 6.61 Å². The summed E-state index contributed by atoms with van der Waals surface area (Å²) in [6.45, 7) is 7.18. The number of ether oxygens (including phenoxy) is 1. The van der Waals surface area contributed by atoms with Crippen molar-refractivity contribution in [3.63, 3.8) is 0 Å². The summed E-state index contributed by atoms with van der Waals surface area (Å²) in [4.78, 5) is 27.2. The van der Waals surface area contributed by atoms with Crippen LogP contribution in [0.5, 0.6) is 5.75 Å². The van der Waals surface area contributed by atoms with Gasteiger partial charge in [0.2, 0.25) is 5.91 Å². The van der Waals surface area contributed by atoms with Crippen LogP contribution < -0.4 is 10.1 Å². The Balaban J connectivity index is 2.22. The topological polar surface area (TPSA) is 58.6 Å². The molecule has 0 bridgehead atoms. The second kappa shape index (κ2) is 10.4. The third-order valence-corrected chi connectivity index (χ3v) is 5.00. The predicted molar refractivity (Wildman–Crippen MR) is 121 cm³/mol. The molecule has 0 spiro atoms. The Labute approximate surface area is 192 Å². The van der Waals surface area contributed by atoms with E-state index in [1.165, 1.54) is 4.90 Å². The number of carbonyl (C=O) groups excluding carboxylic acids is 2. The summed E-state index contributed by atoms with van der Waals surface area (Å²) in [7, 11) is 0. The van der Waals surface area contributed by atoms with Gasteiger partial charge in [-0.25, -0.2) is 0 Å². The van der Waals surface area contributed by atoms with Crippen molar-refractivity contribution in [1.82, 2.24) is 10.2 Å². The molecule has 2 amide bonds. The van der Waals surface area contributed by atoms with Crippen LogP contribution in [0, 0.1) is 0 Å². The van der Waals surface area contributed by atoms with E-state index in [-0.39, 0.29) is 25.0 Å². The molecule has 0 aliphatic heterocycles. The highest BCUT2D eigenvalue weighted by Gasteiger charge is 2.29. The lowest BCUT2D eigenvalue weighted by Crippen LogP contribution is -2.53. The molecular weight excluding hydrogens is 447 g/mol. The first-order chi connectivity index (χ1) is 14.0. The molecular formula is C22H25Cl3N2O3. The zero-order valence-electron chi connectivity index (χ0n) is 17.3. The van der Waals surface area contributed by atoms with Crippen molar-refractivity contribution >= 4 is 46.6 Å². The molecule has 0 aliphatic carbocycles. The predicted octanol–water partition coefficient (Wildman–Crippen LogP) is 5.36. The van der Waals surface area contributed by atoms with Crippen molar-refractivity contribution < 1.29 is 14.3 Å². The molecule has 2 aromatic carbocycles. The number of hydrogen-bond acceptors (Lipinski definition) is 3. The molecule has 162 valence electrons. The van der Waals surface area contributed by atoms with Crippen LogP contribution in [0.4, 0.5) is 0 Å². The lowest BCUT2D eigenvalue weighted by atomic mass is 10.1. The fourth-order valence-corrected chi connectivity index (χ4v) is 3.32. The summed E-state index contributed by atoms with van der Waals surface area (Å²) in [5.41, 5.74) is 0.238. The Morgan fingerprint density at radius 3 is 2.33 bits per heavy atom. The van der Waals surface area contributed by atoms with Gasteiger partial charge in [-0.3, -0.25) is 9.59 Å². The largest absolute Gasteiger partial charge is 0.484 e. The van der Waals surface area contributed by atoms with Gasteiger partial charge in [-0.15, -0.1) is 0 Å². The van der Waals surface area contributed by atoms with Crippen LogP contribution in [0.25, 0.3) is 0 Å². The van der Waals surface area contributed by atoms with E-state index in [1.54, 1.807) is 49.4 Å². The van der Waals surface area contributed by atoms with Crippen LogP contribution in [0.3, 0.4) is 0 Å². The molecule has 0 saturated heterocycles. The minimum absolute atomic E-state index is 0.131. The van der Waals surface area contributed by atoms with Crippen molar-refractivity contribution in [2.75, 3.05) is 6.61 Å². The molecule has 2 rings (SSSR count). The number of amides is 2. The van der Waals surface area contributed by atoms with Gasteiger partial charge in [-0.2, -0.15) is 0 Å². The van der Waals surface area contributed by atoms with Crippen molar-refractivity contribution in [2.45, 2.75) is 45.8 Å². The van der Waals surface area contributed by atoms with Crippen molar-refractivity contribution in [1.29, 1.82) is 0 Å². The average Bonchev–Trinajstić information content (AvgIpc) is 2.63. The Morgan fingerprint density at radius 1 is 1.07 bits per heavy atom. The van der Waals surface area contributed by atoms with E-state index in [4.69, 9.17) is 39.5 Å². The third-order valence-electron chi connectivity index (χ3n) is 4.18. The zero-order valence-corrected chi connectivity index (χ0v) is 19.6. The summed E-state index contributed by atoms with van der Waals surface area (Å²) < 4.78 is 5.59. The Morgan fingerprint density at radius 2 is 1.73 bits per heavy atom. The quantitative estimate of drug-likeness (QED) is 0.591. The highest BCUT2D eigenvalue weighted by atomic mass is 35.5. The second-order valence-corrected chi connectivity index (χ2v) is 9.20. The maximum atomic E-state index is 13.0. The number of rotatable bonds is 7. The summed E-state index contributed by atoms with van der Waals surface area (Å²) in [5.74, 6) is -0.173. The SMILES string of the molecule is CC(C(=O)NC(C)(C)C)N(Cc1ccc(Cl)cc1Cl)C(=O)COc1cccc(Cl)c1. The molecule has 0 fully saturated rings. The van der Waals surface area contributed by atoms with E-state index in [2.05, 4.69) is 5.32 Å². The van der Waals surface area contributed by atoms with Crippen LogP contribution in [-0.2, 0) is 16.1 Å².